The van der Waals surface area contributed by atoms with Crippen LogP contribution in [0, 0.1) is 6.92 Å². The number of hydrogen-bond donors (Lipinski definition) is 1. The molecule has 0 aliphatic carbocycles. The third-order valence-electron chi connectivity index (χ3n) is 2.00. The summed E-state index contributed by atoms with van der Waals surface area (Å²) in [5, 5.41) is 8.79. The molecule has 1 aliphatic heterocycles. The molecule has 2 rings (SSSR count). The van der Waals surface area contributed by atoms with Crippen molar-refractivity contribution in [2.24, 2.45) is 0 Å². The third kappa shape index (κ3) is 1.66. The fourth-order valence-corrected chi connectivity index (χ4v) is 2.36. The minimum absolute atomic E-state index is 0.330. The van der Waals surface area contributed by atoms with Gasteiger partial charge in [0.25, 0.3) is 0 Å². The van der Waals surface area contributed by atoms with Crippen LogP contribution in [0.2, 0.25) is 0 Å². The first-order valence-corrected chi connectivity index (χ1v) is 5.07. The highest BCUT2D eigenvalue weighted by Gasteiger charge is 2.23. The Kier molecular flexibility index (Phi) is 2.54. The number of aryl methyl sites for hydroxylation is 1. The van der Waals surface area contributed by atoms with Crippen molar-refractivity contribution in [2.75, 3.05) is 13.2 Å². The van der Waals surface area contributed by atoms with E-state index in [9.17, 15) is 4.79 Å². The fourth-order valence-electron chi connectivity index (χ4n) is 1.35. The van der Waals surface area contributed by atoms with Gasteiger partial charge in [0.05, 0.1) is 18.1 Å². The molecule has 1 saturated heterocycles. The zero-order chi connectivity index (χ0) is 10.1. The van der Waals surface area contributed by atoms with Gasteiger partial charge in [-0.05, 0) is 18.6 Å². The molecule has 4 nitrogen and oxygen atoms in total. The minimum atomic E-state index is -0.901. The molecule has 0 bridgehead atoms. The average Bonchev–Trinajstić information content (AvgIpc) is 2.71. The molecule has 0 radical (unpaired) electrons. The summed E-state index contributed by atoms with van der Waals surface area (Å²) < 4.78 is 10.6. The molecular weight excluding hydrogens is 204 g/mol. The molecule has 0 amide bonds. The maximum absolute atomic E-state index is 10.7. The highest BCUT2D eigenvalue weighted by molar-refractivity contribution is 7.14. The van der Waals surface area contributed by atoms with E-state index in [0.717, 1.165) is 10.4 Å². The standard InChI is InChI=1S/C9H10O4S/c1-5-4-6(8(10)11)14-7(5)9-12-2-3-13-9/h4,9H,2-3H2,1H3,(H,10,11). The van der Waals surface area contributed by atoms with Crippen molar-refractivity contribution in [2.45, 2.75) is 13.2 Å². The molecule has 0 saturated carbocycles. The SMILES string of the molecule is Cc1cc(C(=O)O)sc1C1OCCO1. The van der Waals surface area contributed by atoms with Crippen LogP contribution in [-0.2, 0) is 9.47 Å². The van der Waals surface area contributed by atoms with Gasteiger partial charge < -0.3 is 14.6 Å². The van der Waals surface area contributed by atoms with E-state index in [1.54, 1.807) is 6.07 Å². The number of carbonyl (C=O) groups is 1. The van der Waals surface area contributed by atoms with E-state index in [1.807, 2.05) is 6.92 Å². The van der Waals surface area contributed by atoms with E-state index in [2.05, 4.69) is 0 Å². The maximum atomic E-state index is 10.7. The molecule has 1 aromatic heterocycles. The number of ether oxygens (including phenoxy) is 2. The van der Waals surface area contributed by atoms with Gasteiger partial charge in [-0.15, -0.1) is 11.3 Å². The molecule has 76 valence electrons. The Bertz CT molecular complexity index is 352. The molecule has 0 unspecified atom stereocenters. The Balaban J connectivity index is 2.28. The van der Waals surface area contributed by atoms with Crippen molar-refractivity contribution < 1.29 is 19.4 Å². The molecule has 1 N–H and O–H groups in total. The molecule has 5 heteroatoms. The van der Waals surface area contributed by atoms with E-state index >= 15 is 0 Å². The van der Waals surface area contributed by atoms with Crippen molar-refractivity contribution in [1.29, 1.82) is 0 Å². The smallest absolute Gasteiger partial charge is 0.345 e. The van der Waals surface area contributed by atoms with Crippen LogP contribution in [-0.4, -0.2) is 24.3 Å². The molecule has 0 spiro atoms. The van der Waals surface area contributed by atoms with Crippen LogP contribution in [0.4, 0.5) is 0 Å². The first-order chi connectivity index (χ1) is 6.68. The molecule has 2 heterocycles. The Hall–Kier alpha value is -0.910. The second kappa shape index (κ2) is 3.68. The predicted molar refractivity (Wildman–Crippen MR) is 50.7 cm³/mol. The summed E-state index contributed by atoms with van der Waals surface area (Å²) in [6, 6.07) is 1.65. The quantitative estimate of drug-likeness (QED) is 0.815. The average molecular weight is 214 g/mol. The van der Waals surface area contributed by atoms with Gasteiger partial charge in [0.2, 0.25) is 0 Å². The second-order valence-electron chi connectivity index (χ2n) is 3.04. The van der Waals surface area contributed by atoms with Crippen LogP contribution in [0.25, 0.3) is 0 Å². The molecule has 1 fully saturated rings. The molecule has 0 aromatic carbocycles. The molecule has 1 aliphatic rings. The van der Waals surface area contributed by atoms with E-state index < -0.39 is 5.97 Å². The summed E-state index contributed by atoms with van der Waals surface area (Å²) in [7, 11) is 0. The Labute approximate surface area is 85.1 Å². The number of carboxylic acid groups (broad SMARTS) is 1. The topological polar surface area (TPSA) is 55.8 Å². The van der Waals surface area contributed by atoms with Crippen LogP contribution in [0.15, 0.2) is 6.07 Å². The second-order valence-corrected chi connectivity index (χ2v) is 4.12. The fraction of sp³-hybridized carbons (Fsp3) is 0.444. The maximum Gasteiger partial charge on any atom is 0.345 e. The van der Waals surface area contributed by atoms with Crippen molar-refractivity contribution in [3.8, 4) is 0 Å². The minimum Gasteiger partial charge on any atom is -0.477 e. The highest BCUT2D eigenvalue weighted by atomic mass is 32.1. The number of carboxylic acids is 1. The largest absolute Gasteiger partial charge is 0.477 e. The van der Waals surface area contributed by atoms with E-state index in [-0.39, 0.29) is 6.29 Å². The van der Waals surface area contributed by atoms with Gasteiger partial charge in [-0.1, -0.05) is 0 Å². The predicted octanol–water partition coefficient (Wildman–Crippen LogP) is 1.80. The Morgan fingerprint density at radius 3 is 2.71 bits per heavy atom. The lowest BCUT2D eigenvalue weighted by Crippen LogP contribution is -1.96. The van der Waals surface area contributed by atoms with Gasteiger partial charge in [0, 0.05) is 0 Å². The summed E-state index contributed by atoms with van der Waals surface area (Å²) in [6.07, 6.45) is -0.368. The van der Waals surface area contributed by atoms with Gasteiger partial charge in [-0.25, -0.2) is 4.79 Å². The van der Waals surface area contributed by atoms with Gasteiger partial charge in [-0.2, -0.15) is 0 Å². The van der Waals surface area contributed by atoms with E-state index in [0.29, 0.717) is 18.1 Å². The molecule has 0 atom stereocenters. The number of aromatic carboxylic acids is 1. The normalized spacial score (nSPS) is 17.5. The summed E-state index contributed by atoms with van der Waals surface area (Å²) in [6.45, 7) is 3.01. The van der Waals surface area contributed by atoms with Crippen molar-refractivity contribution in [1.82, 2.24) is 0 Å². The monoisotopic (exact) mass is 214 g/mol. The Morgan fingerprint density at radius 1 is 1.57 bits per heavy atom. The van der Waals surface area contributed by atoms with Crippen molar-refractivity contribution >= 4 is 17.3 Å². The van der Waals surface area contributed by atoms with Crippen molar-refractivity contribution in [3.63, 3.8) is 0 Å². The van der Waals surface area contributed by atoms with Gasteiger partial charge in [-0.3, -0.25) is 0 Å². The van der Waals surface area contributed by atoms with Crippen LogP contribution < -0.4 is 0 Å². The summed E-state index contributed by atoms with van der Waals surface area (Å²) >= 11 is 1.22. The number of rotatable bonds is 2. The van der Waals surface area contributed by atoms with Crippen LogP contribution >= 0.6 is 11.3 Å². The Morgan fingerprint density at radius 2 is 2.21 bits per heavy atom. The molecule has 1 aromatic rings. The van der Waals surface area contributed by atoms with Crippen molar-refractivity contribution in [3.05, 3.63) is 21.4 Å². The van der Waals surface area contributed by atoms with Gasteiger partial charge in [0.15, 0.2) is 6.29 Å². The summed E-state index contributed by atoms with van der Waals surface area (Å²) in [4.78, 5) is 11.9. The van der Waals surface area contributed by atoms with E-state index in [4.69, 9.17) is 14.6 Å². The summed E-state index contributed by atoms with van der Waals surface area (Å²) in [5.74, 6) is -0.901. The molecular formula is C9H10O4S. The number of thiophene rings is 1. The third-order valence-corrected chi connectivity index (χ3v) is 3.25. The first kappa shape index (κ1) is 9.64. The lowest BCUT2D eigenvalue weighted by molar-refractivity contribution is -0.0417. The van der Waals surface area contributed by atoms with Crippen LogP contribution in [0.5, 0.6) is 0 Å². The summed E-state index contributed by atoms with van der Waals surface area (Å²) in [5.41, 5.74) is 0.916. The van der Waals surface area contributed by atoms with E-state index in [1.165, 1.54) is 11.3 Å². The van der Waals surface area contributed by atoms with Crippen LogP contribution in [0.3, 0.4) is 0 Å². The lowest BCUT2D eigenvalue weighted by atomic mass is 10.2. The zero-order valence-corrected chi connectivity index (χ0v) is 8.47. The molecule has 14 heavy (non-hydrogen) atoms. The van der Waals surface area contributed by atoms with Crippen LogP contribution in [0.1, 0.15) is 26.4 Å². The van der Waals surface area contributed by atoms with Gasteiger partial charge >= 0.3 is 5.97 Å². The zero-order valence-electron chi connectivity index (χ0n) is 7.65. The lowest BCUT2D eigenvalue weighted by Gasteiger charge is -2.06. The number of hydrogen-bond acceptors (Lipinski definition) is 4. The van der Waals surface area contributed by atoms with Gasteiger partial charge in [0.1, 0.15) is 4.88 Å². The first-order valence-electron chi connectivity index (χ1n) is 4.25. The highest BCUT2D eigenvalue weighted by Crippen LogP contribution is 2.32.